The summed E-state index contributed by atoms with van der Waals surface area (Å²) in [7, 11) is 0. The lowest BCUT2D eigenvalue weighted by Crippen LogP contribution is -2.09. The predicted molar refractivity (Wildman–Crippen MR) is 70.3 cm³/mol. The van der Waals surface area contributed by atoms with Gasteiger partial charge in [-0.05, 0) is 37.3 Å². The van der Waals surface area contributed by atoms with E-state index in [4.69, 9.17) is 0 Å². The molecule has 2 aromatic rings. The van der Waals surface area contributed by atoms with Gasteiger partial charge in [-0.3, -0.25) is 4.98 Å². The highest BCUT2D eigenvalue weighted by molar-refractivity contribution is 9.10. The molecule has 5 heteroatoms. The van der Waals surface area contributed by atoms with Gasteiger partial charge >= 0.3 is 0 Å². The second-order valence-corrected chi connectivity index (χ2v) is 4.81. The molecule has 0 aliphatic rings. The van der Waals surface area contributed by atoms with Gasteiger partial charge in [-0.15, -0.1) is 0 Å². The van der Waals surface area contributed by atoms with Crippen LogP contribution in [0.4, 0.5) is 14.5 Å². The molecule has 18 heavy (non-hydrogen) atoms. The molecule has 1 N–H and O–H groups in total. The summed E-state index contributed by atoms with van der Waals surface area (Å²) in [6.07, 6.45) is 1.14. The maximum absolute atomic E-state index is 13.5. The van der Waals surface area contributed by atoms with Gasteiger partial charge in [-0.2, -0.15) is 0 Å². The van der Waals surface area contributed by atoms with Crippen LogP contribution in [0.1, 0.15) is 18.7 Å². The highest BCUT2D eigenvalue weighted by Crippen LogP contribution is 2.24. The average molecular weight is 313 g/mol. The maximum Gasteiger partial charge on any atom is 0.146 e. The monoisotopic (exact) mass is 312 g/mol. The van der Waals surface area contributed by atoms with Crippen molar-refractivity contribution < 1.29 is 8.78 Å². The molecule has 0 radical (unpaired) electrons. The van der Waals surface area contributed by atoms with Gasteiger partial charge in [0, 0.05) is 4.47 Å². The van der Waals surface area contributed by atoms with Crippen molar-refractivity contribution in [1.82, 2.24) is 4.98 Å². The molecule has 1 aromatic carbocycles. The van der Waals surface area contributed by atoms with E-state index in [0.29, 0.717) is 11.4 Å². The second-order valence-electron chi connectivity index (χ2n) is 3.89. The molecular weight excluding hydrogens is 302 g/mol. The quantitative estimate of drug-likeness (QED) is 0.914. The van der Waals surface area contributed by atoms with Crippen molar-refractivity contribution in [2.75, 3.05) is 5.32 Å². The van der Waals surface area contributed by atoms with Crippen LogP contribution in [0.5, 0.6) is 0 Å². The largest absolute Gasteiger partial charge is 0.375 e. The molecule has 0 saturated carbocycles. The van der Waals surface area contributed by atoms with Crippen molar-refractivity contribution in [3.8, 4) is 0 Å². The Morgan fingerprint density at radius 2 is 2.00 bits per heavy atom. The molecular formula is C13H11BrF2N2. The highest BCUT2D eigenvalue weighted by atomic mass is 79.9. The number of hydrogen-bond acceptors (Lipinski definition) is 2. The first-order valence-corrected chi connectivity index (χ1v) is 6.18. The zero-order valence-corrected chi connectivity index (χ0v) is 11.2. The minimum atomic E-state index is -0.389. The Balaban J connectivity index is 2.18. The molecule has 1 atom stereocenters. The molecule has 0 aliphatic carbocycles. The Bertz CT molecular complexity index is 543. The topological polar surface area (TPSA) is 24.9 Å². The zero-order chi connectivity index (χ0) is 13.1. The van der Waals surface area contributed by atoms with Crippen LogP contribution >= 0.6 is 15.9 Å². The molecule has 0 saturated heterocycles. The number of rotatable bonds is 3. The van der Waals surface area contributed by atoms with E-state index < -0.39 is 0 Å². The van der Waals surface area contributed by atoms with Crippen molar-refractivity contribution in [2.24, 2.45) is 0 Å². The number of benzene rings is 1. The van der Waals surface area contributed by atoms with Crippen molar-refractivity contribution >= 4 is 21.6 Å². The fraction of sp³-hybridized carbons (Fsp3) is 0.154. The van der Waals surface area contributed by atoms with Crippen LogP contribution in [0.15, 0.2) is 41.0 Å². The minimum absolute atomic E-state index is 0.214. The molecule has 0 spiro atoms. The van der Waals surface area contributed by atoms with Crippen LogP contribution in [-0.2, 0) is 0 Å². The SMILES string of the molecule is CC(Nc1cc(Br)ccc1F)c1ccc(F)cn1. The summed E-state index contributed by atoms with van der Waals surface area (Å²) in [5.41, 5.74) is 1.03. The summed E-state index contributed by atoms with van der Waals surface area (Å²) in [6, 6.07) is 7.34. The maximum atomic E-state index is 13.5. The third kappa shape index (κ3) is 3.04. The molecule has 0 bridgehead atoms. The number of nitrogens with one attached hydrogen (secondary N) is 1. The molecule has 1 heterocycles. The van der Waals surface area contributed by atoms with E-state index in [1.54, 1.807) is 18.2 Å². The summed E-state index contributed by atoms with van der Waals surface area (Å²) in [5, 5.41) is 3.00. The molecule has 1 unspecified atom stereocenters. The third-order valence-electron chi connectivity index (χ3n) is 2.49. The van der Waals surface area contributed by atoms with E-state index in [9.17, 15) is 8.78 Å². The van der Waals surface area contributed by atoms with Gasteiger partial charge in [0.05, 0.1) is 23.6 Å². The second kappa shape index (κ2) is 5.44. The van der Waals surface area contributed by atoms with Crippen LogP contribution in [0.2, 0.25) is 0 Å². The number of nitrogens with zero attached hydrogens (tertiary/aromatic N) is 1. The van der Waals surface area contributed by atoms with Gasteiger partial charge in [0.1, 0.15) is 11.6 Å². The van der Waals surface area contributed by atoms with E-state index in [2.05, 4.69) is 26.2 Å². The molecule has 2 rings (SSSR count). The van der Waals surface area contributed by atoms with E-state index >= 15 is 0 Å². The first kappa shape index (κ1) is 13.0. The van der Waals surface area contributed by atoms with E-state index in [1.165, 1.54) is 12.1 Å². The normalized spacial score (nSPS) is 12.2. The zero-order valence-electron chi connectivity index (χ0n) is 9.62. The number of halogens is 3. The summed E-state index contributed by atoms with van der Waals surface area (Å²) in [5.74, 6) is -0.730. The van der Waals surface area contributed by atoms with Gasteiger partial charge < -0.3 is 5.32 Å². The van der Waals surface area contributed by atoms with Gasteiger partial charge in [0.25, 0.3) is 0 Å². The van der Waals surface area contributed by atoms with E-state index in [0.717, 1.165) is 10.7 Å². The highest BCUT2D eigenvalue weighted by Gasteiger charge is 2.10. The van der Waals surface area contributed by atoms with Gasteiger partial charge in [0.15, 0.2) is 0 Å². The molecule has 0 aliphatic heterocycles. The lowest BCUT2D eigenvalue weighted by Gasteiger charge is -2.15. The Kier molecular flexibility index (Phi) is 3.91. The Labute approximate surface area is 112 Å². The number of hydrogen-bond donors (Lipinski definition) is 1. The Morgan fingerprint density at radius 1 is 1.22 bits per heavy atom. The fourth-order valence-corrected chi connectivity index (χ4v) is 1.92. The lowest BCUT2D eigenvalue weighted by molar-refractivity contribution is 0.615. The lowest BCUT2D eigenvalue weighted by atomic mass is 10.2. The standard InChI is InChI=1S/C13H11BrF2N2/c1-8(12-5-3-10(15)7-17-12)18-13-6-9(14)2-4-11(13)16/h2-8,18H,1H3. The van der Waals surface area contributed by atoms with Crippen LogP contribution in [-0.4, -0.2) is 4.98 Å². The molecule has 94 valence electrons. The molecule has 0 fully saturated rings. The summed E-state index contributed by atoms with van der Waals surface area (Å²) >= 11 is 3.28. The summed E-state index contributed by atoms with van der Waals surface area (Å²) in [6.45, 7) is 1.83. The average Bonchev–Trinajstić information content (AvgIpc) is 2.34. The smallest absolute Gasteiger partial charge is 0.146 e. The van der Waals surface area contributed by atoms with Gasteiger partial charge in [-0.1, -0.05) is 15.9 Å². The third-order valence-corrected chi connectivity index (χ3v) is 2.99. The Hall–Kier alpha value is -1.49. The van der Waals surface area contributed by atoms with Crippen molar-refractivity contribution in [3.63, 3.8) is 0 Å². The predicted octanol–water partition coefficient (Wildman–Crippen LogP) is 4.30. The van der Waals surface area contributed by atoms with Crippen molar-refractivity contribution in [3.05, 3.63) is 58.3 Å². The number of anilines is 1. The molecule has 1 aromatic heterocycles. The van der Waals surface area contributed by atoms with Gasteiger partial charge in [-0.25, -0.2) is 8.78 Å². The van der Waals surface area contributed by atoms with Crippen molar-refractivity contribution in [2.45, 2.75) is 13.0 Å². The summed E-state index contributed by atoms with van der Waals surface area (Å²) in [4.78, 5) is 3.95. The van der Waals surface area contributed by atoms with E-state index in [1.807, 2.05) is 6.92 Å². The molecule has 0 amide bonds. The van der Waals surface area contributed by atoms with E-state index in [-0.39, 0.29) is 17.7 Å². The van der Waals surface area contributed by atoms with Gasteiger partial charge in [0.2, 0.25) is 0 Å². The number of aromatic nitrogens is 1. The first-order chi connectivity index (χ1) is 8.56. The molecule has 2 nitrogen and oxygen atoms in total. The number of pyridine rings is 1. The van der Waals surface area contributed by atoms with Crippen LogP contribution in [0.25, 0.3) is 0 Å². The van der Waals surface area contributed by atoms with Crippen LogP contribution in [0, 0.1) is 11.6 Å². The van der Waals surface area contributed by atoms with Crippen molar-refractivity contribution in [1.29, 1.82) is 0 Å². The first-order valence-electron chi connectivity index (χ1n) is 5.39. The Morgan fingerprint density at radius 3 is 2.67 bits per heavy atom. The summed E-state index contributed by atoms with van der Waals surface area (Å²) < 4.78 is 27.1. The fourth-order valence-electron chi connectivity index (χ4n) is 1.56. The van der Waals surface area contributed by atoms with Crippen LogP contribution in [0.3, 0.4) is 0 Å². The minimum Gasteiger partial charge on any atom is -0.375 e. The van der Waals surface area contributed by atoms with Crippen LogP contribution < -0.4 is 5.32 Å².